The number of amides is 1. The van der Waals surface area contributed by atoms with E-state index in [9.17, 15) is 13.2 Å². The van der Waals surface area contributed by atoms with Crippen LogP contribution in [-0.4, -0.2) is 37.0 Å². The third-order valence-electron chi connectivity index (χ3n) is 4.17. The van der Waals surface area contributed by atoms with Gasteiger partial charge in [-0.05, 0) is 35.7 Å². The zero-order valence-electron chi connectivity index (χ0n) is 15.5. The van der Waals surface area contributed by atoms with Gasteiger partial charge >= 0.3 is 0 Å². The molecule has 0 spiro atoms. The van der Waals surface area contributed by atoms with E-state index in [-0.39, 0.29) is 17.4 Å². The second-order valence-corrected chi connectivity index (χ2v) is 8.27. The Labute approximate surface area is 159 Å². The van der Waals surface area contributed by atoms with Gasteiger partial charge in [-0.1, -0.05) is 44.2 Å². The third kappa shape index (κ3) is 4.85. The SMILES string of the molecule is CC(C)[C@H](C(=O)NO)N(Cc1ccccc1)S(=O)(=O)c1ccc(O[11CH3])cc1. The molecule has 0 saturated heterocycles. The molecule has 1 amide bonds. The van der Waals surface area contributed by atoms with E-state index in [0.29, 0.717) is 5.75 Å². The van der Waals surface area contributed by atoms with Gasteiger partial charge in [-0.2, -0.15) is 4.31 Å². The number of sulfonamides is 1. The average molecular weight is 391 g/mol. The molecule has 2 aromatic rings. The van der Waals surface area contributed by atoms with Gasteiger partial charge in [0.05, 0.1) is 12.0 Å². The quantitative estimate of drug-likeness (QED) is 0.532. The Bertz CT molecular complexity index is 851. The van der Waals surface area contributed by atoms with Crippen LogP contribution in [0.25, 0.3) is 0 Å². The maximum Gasteiger partial charge on any atom is 0.262 e. The van der Waals surface area contributed by atoms with Crippen LogP contribution in [-0.2, 0) is 21.4 Å². The van der Waals surface area contributed by atoms with Crippen LogP contribution >= 0.6 is 0 Å². The summed E-state index contributed by atoms with van der Waals surface area (Å²) in [6.07, 6.45) is 0. The minimum Gasteiger partial charge on any atom is -0.497 e. The molecule has 2 aromatic carbocycles. The van der Waals surface area contributed by atoms with E-state index in [4.69, 9.17) is 9.94 Å². The van der Waals surface area contributed by atoms with E-state index in [1.165, 1.54) is 19.2 Å². The number of ether oxygens (including phenoxy) is 1. The van der Waals surface area contributed by atoms with Gasteiger partial charge in [0.1, 0.15) is 11.8 Å². The predicted molar refractivity (Wildman–Crippen MR) is 101 cm³/mol. The van der Waals surface area contributed by atoms with Gasteiger partial charge < -0.3 is 4.74 Å². The number of benzene rings is 2. The normalized spacial score (nSPS) is 12.8. The Morgan fingerprint density at radius 1 is 1.11 bits per heavy atom. The maximum atomic E-state index is 13.3. The topological polar surface area (TPSA) is 95.9 Å². The van der Waals surface area contributed by atoms with Crippen molar-refractivity contribution in [3.8, 4) is 5.75 Å². The van der Waals surface area contributed by atoms with E-state index < -0.39 is 22.0 Å². The summed E-state index contributed by atoms with van der Waals surface area (Å²) < 4.78 is 32.8. The van der Waals surface area contributed by atoms with E-state index in [0.717, 1.165) is 9.87 Å². The van der Waals surface area contributed by atoms with E-state index >= 15 is 0 Å². The highest BCUT2D eigenvalue weighted by Gasteiger charge is 2.38. The van der Waals surface area contributed by atoms with Gasteiger partial charge in [-0.15, -0.1) is 0 Å². The van der Waals surface area contributed by atoms with Crippen molar-refractivity contribution >= 4 is 15.9 Å². The molecule has 7 nitrogen and oxygen atoms in total. The minimum atomic E-state index is -4.02. The molecule has 0 bridgehead atoms. The van der Waals surface area contributed by atoms with Crippen LogP contribution < -0.4 is 10.2 Å². The van der Waals surface area contributed by atoms with Crippen molar-refractivity contribution in [2.24, 2.45) is 5.92 Å². The fourth-order valence-corrected chi connectivity index (χ4v) is 4.52. The molecular formula is C19H24N2O5S. The highest BCUT2D eigenvalue weighted by Crippen LogP contribution is 2.26. The Morgan fingerprint density at radius 3 is 2.19 bits per heavy atom. The van der Waals surface area contributed by atoms with Crippen LogP contribution in [0, 0.1) is 5.92 Å². The zero-order chi connectivity index (χ0) is 20.0. The third-order valence-corrected chi connectivity index (χ3v) is 6.01. The van der Waals surface area contributed by atoms with Gasteiger partial charge in [-0.3, -0.25) is 10.0 Å². The highest BCUT2D eigenvalue weighted by atomic mass is 32.2. The fourth-order valence-electron chi connectivity index (χ4n) is 2.81. The lowest BCUT2D eigenvalue weighted by Crippen LogP contribution is -2.51. The molecular weight excluding hydrogens is 367 g/mol. The molecule has 8 heteroatoms. The molecule has 0 aliphatic carbocycles. The second-order valence-electron chi connectivity index (χ2n) is 6.38. The summed E-state index contributed by atoms with van der Waals surface area (Å²) in [4.78, 5) is 12.3. The Kier molecular flexibility index (Phi) is 6.95. The number of carbonyl (C=O) groups is 1. The first-order valence-electron chi connectivity index (χ1n) is 8.45. The molecule has 0 aliphatic rings. The number of hydrogen-bond acceptors (Lipinski definition) is 5. The summed E-state index contributed by atoms with van der Waals surface area (Å²) in [6.45, 7) is 3.44. The molecule has 0 aromatic heterocycles. The zero-order valence-corrected chi connectivity index (χ0v) is 16.3. The molecule has 2 N–H and O–H groups in total. The van der Waals surface area contributed by atoms with Crippen molar-refractivity contribution in [2.45, 2.75) is 31.3 Å². The van der Waals surface area contributed by atoms with Crippen molar-refractivity contribution in [3.05, 3.63) is 60.2 Å². The molecule has 0 radical (unpaired) electrons. The lowest BCUT2D eigenvalue weighted by molar-refractivity contribution is -0.134. The van der Waals surface area contributed by atoms with Gasteiger partial charge in [-0.25, -0.2) is 13.9 Å². The minimum absolute atomic E-state index is 0.00846. The van der Waals surface area contributed by atoms with E-state index in [1.807, 2.05) is 6.07 Å². The van der Waals surface area contributed by atoms with Crippen LogP contribution in [0.3, 0.4) is 0 Å². The molecule has 0 unspecified atom stereocenters. The Morgan fingerprint density at radius 2 is 1.70 bits per heavy atom. The summed E-state index contributed by atoms with van der Waals surface area (Å²) in [6, 6.07) is 13.9. The number of nitrogens with zero attached hydrogens (tertiary/aromatic N) is 1. The van der Waals surface area contributed by atoms with Gasteiger partial charge in [0.2, 0.25) is 10.0 Å². The Hall–Kier alpha value is -2.42. The number of carbonyl (C=O) groups excluding carboxylic acids is 1. The molecule has 0 fully saturated rings. The smallest absolute Gasteiger partial charge is 0.262 e. The largest absolute Gasteiger partial charge is 0.497 e. The molecule has 27 heavy (non-hydrogen) atoms. The number of hydroxylamine groups is 1. The second kappa shape index (κ2) is 8.98. The summed E-state index contributed by atoms with van der Waals surface area (Å²) >= 11 is 0. The predicted octanol–water partition coefficient (Wildman–Crippen LogP) is 2.42. The molecule has 146 valence electrons. The number of methoxy groups -OCH3 is 1. The molecule has 0 saturated carbocycles. The highest BCUT2D eigenvalue weighted by molar-refractivity contribution is 7.89. The molecule has 0 heterocycles. The monoisotopic (exact) mass is 391 g/mol. The maximum absolute atomic E-state index is 13.3. The van der Waals surface area contributed by atoms with Crippen LogP contribution in [0.1, 0.15) is 19.4 Å². The van der Waals surface area contributed by atoms with Crippen LogP contribution in [0.5, 0.6) is 5.75 Å². The molecule has 2 rings (SSSR count). The van der Waals surface area contributed by atoms with E-state index in [1.54, 1.807) is 55.7 Å². The first-order chi connectivity index (χ1) is 12.8. The van der Waals surface area contributed by atoms with Crippen molar-refractivity contribution in [3.63, 3.8) is 0 Å². The van der Waals surface area contributed by atoms with Gasteiger partial charge in [0.15, 0.2) is 0 Å². The Balaban J connectivity index is 2.53. The standard InChI is InChI=1S/C19H24N2O5S/c1-14(2)18(19(22)20-23)21(13-15-7-5-4-6-8-15)27(24,25)17-11-9-16(26-3)10-12-17/h4-12,14,18,23H,13H2,1-3H3,(H,20,22)/t18-/m1/s1/i3-1. The number of nitrogens with one attached hydrogen (secondary N) is 1. The number of rotatable bonds is 8. The van der Waals surface area contributed by atoms with Crippen LogP contribution in [0.4, 0.5) is 0 Å². The molecule has 1 atom stereocenters. The summed E-state index contributed by atoms with van der Waals surface area (Å²) in [5.41, 5.74) is 2.32. The van der Waals surface area contributed by atoms with Gasteiger partial charge in [0.25, 0.3) is 5.91 Å². The fraction of sp³-hybridized carbons (Fsp3) is 0.316. The van der Waals surface area contributed by atoms with Crippen LogP contribution in [0.15, 0.2) is 59.5 Å². The first kappa shape index (κ1) is 20.9. The lowest BCUT2D eigenvalue weighted by atomic mass is 10.0. The average Bonchev–Trinajstić information content (AvgIpc) is 2.67. The van der Waals surface area contributed by atoms with Crippen molar-refractivity contribution in [1.82, 2.24) is 9.79 Å². The van der Waals surface area contributed by atoms with Gasteiger partial charge in [0, 0.05) is 6.54 Å². The van der Waals surface area contributed by atoms with E-state index in [2.05, 4.69) is 0 Å². The summed E-state index contributed by atoms with van der Waals surface area (Å²) in [5, 5.41) is 9.14. The lowest BCUT2D eigenvalue weighted by Gasteiger charge is -2.32. The summed E-state index contributed by atoms with van der Waals surface area (Å²) in [5.74, 6) is -0.621. The van der Waals surface area contributed by atoms with Crippen LogP contribution in [0.2, 0.25) is 0 Å². The van der Waals surface area contributed by atoms with Crippen molar-refractivity contribution < 1.29 is 23.2 Å². The van der Waals surface area contributed by atoms with Crippen molar-refractivity contribution in [1.29, 1.82) is 0 Å². The summed E-state index contributed by atoms with van der Waals surface area (Å²) in [7, 11) is -2.53. The number of hydrogen-bond donors (Lipinski definition) is 2. The molecule has 0 aliphatic heterocycles. The van der Waals surface area contributed by atoms with Crippen molar-refractivity contribution in [2.75, 3.05) is 7.11 Å². The first-order valence-corrected chi connectivity index (χ1v) is 9.89.